The first-order valence-corrected chi connectivity index (χ1v) is 7.77. The van der Waals surface area contributed by atoms with Crippen molar-refractivity contribution in [1.82, 2.24) is 4.90 Å². The van der Waals surface area contributed by atoms with Gasteiger partial charge in [-0.2, -0.15) is 0 Å². The standard InChI is InChI=1S/C17H24N2O/c1-13-6-5-9-15(12-18)19(13)16(20)17(10-11-17)14-7-3-2-4-8-14/h2-4,7-8,13,15H,5-6,9-12,18H2,1H3. The van der Waals surface area contributed by atoms with Crippen LogP contribution in [0, 0.1) is 0 Å². The lowest BCUT2D eigenvalue weighted by atomic mass is 9.89. The fourth-order valence-electron chi connectivity index (χ4n) is 3.64. The zero-order chi connectivity index (χ0) is 14.2. The zero-order valence-corrected chi connectivity index (χ0v) is 12.2. The molecule has 2 unspecified atom stereocenters. The number of carbonyl (C=O) groups excluding carboxylic acids is 1. The summed E-state index contributed by atoms with van der Waals surface area (Å²) in [7, 11) is 0. The number of nitrogens with zero attached hydrogens (tertiary/aromatic N) is 1. The van der Waals surface area contributed by atoms with E-state index in [0.29, 0.717) is 18.5 Å². The number of likely N-dealkylation sites (tertiary alicyclic amines) is 1. The van der Waals surface area contributed by atoms with Crippen molar-refractivity contribution >= 4 is 5.91 Å². The number of hydrogen-bond donors (Lipinski definition) is 1. The van der Waals surface area contributed by atoms with Gasteiger partial charge in [0.2, 0.25) is 5.91 Å². The minimum absolute atomic E-state index is 0.229. The van der Waals surface area contributed by atoms with Crippen molar-refractivity contribution in [3.63, 3.8) is 0 Å². The Bertz CT molecular complexity index is 481. The number of rotatable bonds is 3. The van der Waals surface area contributed by atoms with Crippen molar-refractivity contribution in [3.8, 4) is 0 Å². The van der Waals surface area contributed by atoms with Gasteiger partial charge in [0.25, 0.3) is 0 Å². The van der Waals surface area contributed by atoms with E-state index < -0.39 is 0 Å². The zero-order valence-electron chi connectivity index (χ0n) is 12.2. The minimum Gasteiger partial charge on any atom is -0.335 e. The molecule has 2 atom stereocenters. The van der Waals surface area contributed by atoms with Gasteiger partial charge in [-0.05, 0) is 44.6 Å². The van der Waals surface area contributed by atoms with Gasteiger partial charge in [-0.3, -0.25) is 4.79 Å². The predicted octanol–water partition coefficient (Wildman–Crippen LogP) is 2.45. The quantitative estimate of drug-likeness (QED) is 0.918. The molecule has 3 heteroatoms. The van der Waals surface area contributed by atoms with Gasteiger partial charge < -0.3 is 10.6 Å². The molecule has 2 N–H and O–H groups in total. The first-order chi connectivity index (χ1) is 9.69. The first kappa shape index (κ1) is 13.6. The molecule has 0 bridgehead atoms. The van der Waals surface area contributed by atoms with E-state index >= 15 is 0 Å². The average molecular weight is 272 g/mol. The molecule has 1 saturated heterocycles. The summed E-state index contributed by atoms with van der Waals surface area (Å²) in [5.41, 5.74) is 6.83. The van der Waals surface area contributed by atoms with Crippen LogP contribution in [0.4, 0.5) is 0 Å². The van der Waals surface area contributed by atoms with Gasteiger partial charge in [-0.25, -0.2) is 0 Å². The Morgan fingerprint density at radius 3 is 2.60 bits per heavy atom. The molecule has 108 valence electrons. The summed E-state index contributed by atoms with van der Waals surface area (Å²) in [4.78, 5) is 15.2. The molecule has 1 saturated carbocycles. The second kappa shape index (κ2) is 5.21. The van der Waals surface area contributed by atoms with E-state index in [1.807, 2.05) is 18.2 Å². The molecule has 3 rings (SSSR count). The number of piperidine rings is 1. The third kappa shape index (κ3) is 2.14. The van der Waals surface area contributed by atoms with E-state index in [2.05, 4.69) is 24.0 Å². The van der Waals surface area contributed by atoms with Gasteiger partial charge in [-0.1, -0.05) is 30.3 Å². The number of nitrogens with two attached hydrogens (primary N) is 1. The van der Waals surface area contributed by atoms with Gasteiger partial charge in [0, 0.05) is 18.6 Å². The highest BCUT2D eigenvalue weighted by atomic mass is 16.2. The third-order valence-electron chi connectivity index (χ3n) is 5.02. The molecule has 1 aliphatic heterocycles. The maximum Gasteiger partial charge on any atom is 0.233 e. The number of amides is 1. The summed E-state index contributed by atoms with van der Waals surface area (Å²) >= 11 is 0. The summed E-state index contributed by atoms with van der Waals surface area (Å²) in [6.07, 6.45) is 5.31. The lowest BCUT2D eigenvalue weighted by molar-refractivity contribution is -0.140. The SMILES string of the molecule is CC1CCCC(CN)N1C(=O)C1(c2ccccc2)CC1. The maximum absolute atomic E-state index is 13.1. The Kier molecular flexibility index (Phi) is 3.55. The van der Waals surface area contributed by atoms with Crippen molar-refractivity contribution in [2.24, 2.45) is 5.73 Å². The van der Waals surface area contributed by atoms with Crippen LogP contribution in [0.1, 0.15) is 44.6 Å². The highest BCUT2D eigenvalue weighted by molar-refractivity contribution is 5.91. The number of benzene rings is 1. The minimum atomic E-state index is -0.250. The van der Waals surface area contributed by atoms with Crippen molar-refractivity contribution < 1.29 is 4.79 Å². The third-order valence-corrected chi connectivity index (χ3v) is 5.02. The highest BCUT2D eigenvalue weighted by Gasteiger charge is 2.54. The Morgan fingerprint density at radius 1 is 1.30 bits per heavy atom. The van der Waals surface area contributed by atoms with E-state index in [9.17, 15) is 4.79 Å². The van der Waals surface area contributed by atoms with Gasteiger partial charge in [0.1, 0.15) is 0 Å². The van der Waals surface area contributed by atoms with Gasteiger partial charge in [0.05, 0.1) is 5.41 Å². The Morgan fingerprint density at radius 2 is 2.00 bits per heavy atom. The van der Waals surface area contributed by atoms with E-state index in [-0.39, 0.29) is 11.5 Å². The second-order valence-corrected chi connectivity index (χ2v) is 6.33. The summed E-state index contributed by atoms with van der Waals surface area (Å²) in [6.45, 7) is 2.75. The van der Waals surface area contributed by atoms with Crippen LogP contribution >= 0.6 is 0 Å². The van der Waals surface area contributed by atoms with Crippen molar-refractivity contribution in [2.45, 2.75) is 56.5 Å². The second-order valence-electron chi connectivity index (χ2n) is 6.33. The topological polar surface area (TPSA) is 46.3 Å². The van der Waals surface area contributed by atoms with Crippen LogP contribution in [-0.2, 0) is 10.2 Å². The molecule has 20 heavy (non-hydrogen) atoms. The summed E-state index contributed by atoms with van der Waals surface area (Å²) in [5, 5.41) is 0. The Labute approximate surface area is 121 Å². The first-order valence-electron chi connectivity index (χ1n) is 7.77. The molecule has 0 radical (unpaired) electrons. The van der Waals surface area contributed by atoms with Crippen LogP contribution in [0.3, 0.4) is 0 Å². The molecule has 3 nitrogen and oxygen atoms in total. The molecule has 1 aromatic carbocycles. The van der Waals surface area contributed by atoms with Crippen molar-refractivity contribution in [2.75, 3.05) is 6.54 Å². The largest absolute Gasteiger partial charge is 0.335 e. The maximum atomic E-state index is 13.1. The molecule has 0 spiro atoms. The lowest BCUT2D eigenvalue weighted by Gasteiger charge is -2.42. The predicted molar refractivity (Wildman–Crippen MR) is 80.4 cm³/mol. The molecule has 1 heterocycles. The van der Waals surface area contributed by atoms with Gasteiger partial charge in [-0.15, -0.1) is 0 Å². The molecular weight excluding hydrogens is 248 g/mol. The van der Waals surface area contributed by atoms with E-state index in [1.54, 1.807) is 0 Å². The fraction of sp³-hybridized carbons (Fsp3) is 0.588. The normalized spacial score (nSPS) is 28.2. The Balaban J connectivity index is 1.88. The van der Waals surface area contributed by atoms with Gasteiger partial charge in [0.15, 0.2) is 0 Å². The van der Waals surface area contributed by atoms with Crippen molar-refractivity contribution in [1.29, 1.82) is 0 Å². The van der Waals surface area contributed by atoms with Crippen LogP contribution in [-0.4, -0.2) is 29.4 Å². The van der Waals surface area contributed by atoms with Crippen LogP contribution in [0.15, 0.2) is 30.3 Å². The van der Waals surface area contributed by atoms with E-state index in [0.717, 1.165) is 25.7 Å². The molecular formula is C17H24N2O. The fourth-order valence-corrected chi connectivity index (χ4v) is 3.64. The van der Waals surface area contributed by atoms with Crippen LogP contribution in [0.25, 0.3) is 0 Å². The molecule has 0 aromatic heterocycles. The summed E-state index contributed by atoms with van der Waals surface area (Å²) in [6, 6.07) is 10.8. The molecule has 1 aliphatic carbocycles. The lowest BCUT2D eigenvalue weighted by Crippen LogP contribution is -2.55. The van der Waals surface area contributed by atoms with Crippen molar-refractivity contribution in [3.05, 3.63) is 35.9 Å². The average Bonchev–Trinajstić information content (AvgIpc) is 3.29. The number of hydrogen-bond acceptors (Lipinski definition) is 2. The Hall–Kier alpha value is -1.35. The number of carbonyl (C=O) groups is 1. The molecule has 1 amide bonds. The molecule has 2 aliphatic rings. The van der Waals surface area contributed by atoms with E-state index in [1.165, 1.54) is 12.0 Å². The summed E-state index contributed by atoms with van der Waals surface area (Å²) in [5.74, 6) is 0.311. The van der Waals surface area contributed by atoms with Gasteiger partial charge >= 0.3 is 0 Å². The molecule has 1 aromatic rings. The monoisotopic (exact) mass is 272 g/mol. The molecule has 2 fully saturated rings. The highest BCUT2D eigenvalue weighted by Crippen LogP contribution is 2.50. The van der Waals surface area contributed by atoms with Crippen LogP contribution < -0.4 is 5.73 Å². The summed E-state index contributed by atoms with van der Waals surface area (Å²) < 4.78 is 0. The van der Waals surface area contributed by atoms with Crippen LogP contribution in [0.2, 0.25) is 0 Å². The van der Waals surface area contributed by atoms with Crippen LogP contribution in [0.5, 0.6) is 0 Å². The smallest absolute Gasteiger partial charge is 0.233 e. The van der Waals surface area contributed by atoms with E-state index in [4.69, 9.17) is 5.73 Å².